The molecular formula is C17H27ClN4O4S. The van der Waals surface area contributed by atoms with Gasteiger partial charge in [0.25, 0.3) is 0 Å². The van der Waals surface area contributed by atoms with Crippen LogP contribution in [0.5, 0.6) is 0 Å². The molecule has 0 aromatic heterocycles. The molecule has 0 bridgehead atoms. The fourth-order valence-corrected chi connectivity index (χ4v) is 4.26. The highest BCUT2D eigenvalue weighted by Gasteiger charge is 2.40. The molecule has 5 N–H and O–H groups in total. The molecule has 0 heterocycles. The lowest BCUT2D eigenvalue weighted by Gasteiger charge is -2.36. The van der Waals surface area contributed by atoms with Crippen LogP contribution >= 0.6 is 12.4 Å². The molecule has 8 nitrogen and oxygen atoms in total. The predicted octanol–water partition coefficient (Wildman–Crippen LogP) is 1.12. The maximum atomic E-state index is 12.9. The van der Waals surface area contributed by atoms with E-state index in [1.807, 2.05) is 0 Å². The smallest absolute Gasteiger partial charge is 0.250 e. The monoisotopic (exact) mass is 418 g/mol. The van der Waals surface area contributed by atoms with E-state index >= 15 is 0 Å². The Morgan fingerprint density at radius 3 is 2.44 bits per heavy atom. The van der Waals surface area contributed by atoms with E-state index in [0.29, 0.717) is 18.5 Å². The Balaban J connectivity index is 0.00000364. The van der Waals surface area contributed by atoms with Gasteiger partial charge in [-0.15, -0.1) is 12.4 Å². The molecule has 1 fully saturated rings. The highest BCUT2D eigenvalue weighted by Crippen LogP contribution is 2.30. The minimum Gasteiger partial charge on any atom is -0.342 e. The first kappa shape index (κ1) is 23.4. The zero-order valence-corrected chi connectivity index (χ0v) is 16.9. The van der Waals surface area contributed by atoms with Gasteiger partial charge in [-0.1, -0.05) is 25.3 Å². The van der Waals surface area contributed by atoms with E-state index in [-0.39, 0.29) is 42.2 Å². The molecule has 0 atom stereocenters. The number of nitrogens with two attached hydrogens (primary N) is 1. The SMILES string of the molecule is CC(=O)NC1(C(=O)Nc2cccc(S(=O)(=O)NCCN)c2)CCCCC1.Cl. The van der Waals surface area contributed by atoms with Crippen molar-refractivity contribution in [2.45, 2.75) is 49.5 Å². The molecule has 2 rings (SSSR count). The van der Waals surface area contributed by atoms with Gasteiger partial charge in [-0.25, -0.2) is 13.1 Å². The number of sulfonamides is 1. The van der Waals surface area contributed by atoms with Crippen LogP contribution in [-0.2, 0) is 19.6 Å². The molecule has 0 saturated heterocycles. The Bertz CT molecular complexity index is 764. The molecule has 1 aliphatic carbocycles. The Kier molecular flexibility index (Phi) is 8.67. The average molecular weight is 419 g/mol. The first-order valence-corrected chi connectivity index (χ1v) is 10.2. The van der Waals surface area contributed by atoms with E-state index in [9.17, 15) is 18.0 Å². The van der Waals surface area contributed by atoms with Gasteiger partial charge in [-0.2, -0.15) is 0 Å². The molecule has 0 unspecified atom stereocenters. The molecule has 1 aliphatic rings. The normalized spacial score (nSPS) is 16.1. The Morgan fingerprint density at radius 1 is 1.19 bits per heavy atom. The summed E-state index contributed by atoms with van der Waals surface area (Å²) in [5.41, 5.74) is 4.74. The van der Waals surface area contributed by atoms with Gasteiger partial charge in [0, 0.05) is 25.7 Å². The zero-order valence-electron chi connectivity index (χ0n) is 15.3. The standard InChI is InChI=1S/C17H26N4O4S.ClH/c1-13(22)21-17(8-3-2-4-9-17)16(23)20-14-6-5-7-15(12-14)26(24,25)19-11-10-18;/h5-7,12,19H,2-4,8-11,18H2,1H3,(H,20,23)(H,21,22);1H. The maximum absolute atomic E-state index is 12.9. The van der Waals surface area contributed by atoms with Crippen LogP contribution in [0.15, 0.2) is 29.2 Å². The minimum absolute atomic E-state index is 0. The van der Waals surface area contributed by atoms with Crippen LogP contribution in [0.3, 0.4) is 0 Å². The van der Waals surface area contributed by atoms with Crippen molar-refractivity contribution >= 4 is 39.9 Å². The molecule has 1 aromatic rings. The van der Waals surface area contributed by atoms with Crippen molar-refractivity contribution in [2.24, 2.45) is 5.73 Å². The van der Waals surface area contributed by atoms with Crippen molar-refractivity contribution in [1.82, 2.24) is 10.0 Å². The number of carbonyl (C=O) groups is 2. The third-order valence-corrected chi connectivity index (χ3v) is 5.85. The number of anilines is 1. The summed E-state index contributed by atoms with van der Waals surface area (Å²) in [5.74, 6) is -0.582. The summed E-state index contributed by atoms with van der Waals surface area (Å²) in [5, 5.41) is 5.55. The number of nitrogens with one attached hydrogen (secondary N) is 3. The van der Waals surface area contributed by atoms with Crippen LogP contribution in [0.25, 0.3) is 0 Å². The summed E-state index contributed by atoms with van der Waals surface area (Å²) in [6.45, 7) is 1.71. The molecular weight excluding hydrogens is 392 g/mol. The number of rotatable bonds is 7. The van der Waals surface area contributed by atoms with E-state index in [2.05, 4.69) is 15.4 Å². The minimum atomic E-state index is -3.69. The van der Waals surface area contributed by atoms with Gasteiger partial charge in [0.15, 0.2) is 0 Å². The summed E-state index contributed by atoms with van der Waals surface area (Å²) in [4.78, 5) is 24.5. The van der Waals surface area contributed by atoms with Gasteiger partial charge in [-0.3, -0.25) is 9.59 Å². The van der Waals surface area contributed by atoms with Crippen molar-refractivity contribution in [3.8, 4) is 0 Å². The summed E-state index contributed by atoms with van der Waals surface area (Å²) in [6, 6.07) is 6.00. The van der Waals surface area contributed by atoms with Crippen molar-refractivity contribution in [3.63, 3.8) is 0 Å². The number of halogens is 1. The average Bonchev–Trinajstić information content (AvgIpc) is 2.60. The van der Waals surface area contributed by atoms with Crippen molar-refractivity contribution < 1.29 is 18.0 Å². The lowest BCUT2D eigenvalue weighted by atomic mass is 9.80. The van der Waals surface area contributed by atoms with Crippen molar-refractivity contribution in [2.75, 3.05) is 18.4 Å². The third-order valence-electron chi connectivity index (χ3n) is 4.40. The van der Waals surface area contributed by atoms with Crippen LogP contribution in [0, 0.1) is 0 Å². The highest BCUT2D eigenvalue weighted by molar-refractivity contribution is 7.89. The second-order valence-electron chi connectivity index (χ2n) is 6.49. The van der Waals surface area contributed by atoms with Crippen LogP contribution in [0.4, 0.5) is 5.69 Å². The number of benzene rings is 1. The number of carbonyl (C=O) groups excluding carboxylic acids is 2. The van der Waals surface area contributed by atoms with Gasteiger partial charge in [0.2, 0.25) is 21.8 Å². The van der Waals surface area contributed by atoms with E-state index in [1.165, 1.54) is 19.1 Å². The third kappa shape index (κ3) is 6.17. The zero-order chi connectivity index (χ0) is 19.2. The van der Waals surface area contributed by atoms with Crippen LogP contribution in [0.1, 0.15) is 39.0 Å². The second-order valence-corrected chi connectivity index (χ2v) is 8.26. The van der Waals surface area contributed by atoms with E-state index < -0.39 is 15.6 Å². The molecule has 10 heteroatoms. The summed E-state index contributed by atoms with van der Waals surface area (Å²) >= 11 is 0. The maximum Gasteiger partial charge on any atom is 0.250 e. The Labute approximate surface area is 166 Å². The van der Waals surface area contributed by atoms with Crippen LogP contribution in [-0.4, -0.2) is 38.9 Å². The molecule has 2 amide bonds. The quantitative estimate of drug-likeness (QED) is 0.527. The lowest BCUT2D eigenvalue weighted by Crippen LogP contribution is -2.57. The number of hydrogen-bond acceptors (Lipinski definition) is 5. The van der Waals surface area contributed by atoms with Crippen molar-refractivity contribution in [1.29, 1.82) is 0 Å². The lowest BCUT2D eigenvalue weighted by molar-refractivity contribution is -0.130. The van der Waals surface area contributed by atoms with Gasteiger partial charge in [0.1, 0.15) is 5.54 Å². The molecule has 0 spiro atoms. The first-order chi connectivity index (χ1) is 12.3. The van der Waals surface area contributed by atoms with Crippen LogP contribution < -0.4 is 21.1 Å². The topological polar surface area (TPSA) is 130 Å². The first-order valence-electron chi connectivity index (χ1n) is 8.69. The van der Waals surface area contributed by atoms with E-state index in [0.717, 1.165) is 19.3 Å². The van der Waals surface area contributed by atoms with Gasteiger partial charge in [0.05, 0.1) is 4.90 Å². The van der Waals surface area contributed by atoms with Crippen molar-refractivity contribution in [3.05, 3.63) is 24.3 Å². The van der Waals surface area contributed by atoms with Gasteiger partial charge < -0.3 is 16.4 Å². The number of hydrogen-bond donors (Lipinski definition) is 4. The Morgan fingerprint density at radius 2 is 1.85 bits per heavy atom. The second kappa shape index (κ2) is 10.0. The van der Waals surface area contributed by atoms with Gasteiger partial charge >= 0.3 is 0 Å². The molecule has 1 aromatic carbocycles. The van der Waals surface area contributed by atoms with E-state index in [4.69, 9.17) is 5.73 Å². The highest BCUT2D eigenvalue weighted by atomic mass is 35.5. The van der Waals surface area contributed by atoms with E-state index in [1.54, 1.807) is 12.1 Å². The summed E-state index contributed by atoms with van der Waals surface area (Å²) in [6.07, 6.45) is 3.86. The number of amides is 2. The molecule has 0 radical (unpaired) electrons. The molecule has 0 aliphatic heterocycles. The summed E-state index contributed by atoms with van der Waals surface area (Å²) in [7, 11) is -3.69. The fourth-order valence-electron chi connectivity index (χ4n) is 3.17. The molecule has 1 saturated carbocycles. The Hall–Kier alpha value is -1.68. The largest absolute Gasteiger partial charge is 0.342 e. The van der Waals surface area contributed by atoms with Crippen LogP contribution in [0.2, 0.25) is 0 Å². The molecule has 152 valence electrons. The summed E-state index contributed by atoms with van der Waals surface area (Å²) < 4.78 is 26.8. The predicted molar refractivity (Wildman–Crippen MR) is 106 cm³/mol. The fraction of sp³-hybridized carbons (Fsp3) is 0.529. The molecule has 27 heavy (non-hydrogen) atoms. The van der Waals surface area contributed by atoms with Gasteiger partial charge in [-0.05, 0) is 31.0 Å².